The lowest BCUT2D eigenvalue weighted by Crippen LogP contribution is -2.34. The Morgan fingerprint density at radius 2 is 2.21 bits per heavy atom. The van der Waals surface area contributed by atoms with Crippen LogP contribution in [0.2, 0.25) is 5.15 Å². The number of aromatic nitrogens is 1. The van der Waals surface area contributed by atoms with E-state index in [-0.39, 0.29) is 16.4 Å². The minimum Gasteiger partial charge on any atom is -0.351 e. The van der Waals surface area contributed by atoms with Crippen LogP contribution in [-0.2, 0) is 0 Å². The molecule has 1 amide bonds. The SMILES string of the molecule is CC(C)NCCNC(=O)c1cc(Cl)ncc1[N+](=O)[O-]. The number of carbonyl (C=O) groups excluding carboxylic acids is 1. The number of nitrogens with zero attached hydrogens (tertiary/aromatic N) is 2. The van der Waals surface area contributed by atoms with E-state index >= 15 is 0 Å². The lowest BCUT2D eigenvalue weighted by molar-refractivity contribution is -0.385. The zero-order valence-corrected chi connectivity index (χ0v) is 11.4. The number of hydrogen-bond donors (Lipinski definition) is 2. The maximum atomic E-state index is 11.8. The van der Waals surface area contributed by atoms with Crippen molar-refractivity contribution < 1.29 is 9.72 Å². The van der Waals surface area contributed by atoms with Crippen molar-refractivity contribution in [2.45, 2.75) is 19.9 Å². The highest BCUT2D eigenvalue weighted by molar-refractivity contribution is 6.29. The molecule has 0 saturated carbocycles. The highest BCUT2D eigenvalue weighted by Crippen LogP contribution is 2.19. The molecular weight excluding hydrogens is 272 g/mol. The van der Waals surface area contributed by atoms with Gasteiger partial charge in [0, 0.05) is 19.1 Å². The van der Waals surface area contributed by atoms with Gasteiger partial charge in [0.15, 0.2) is 0 Å². The highest BCUT2D eigenvalue weighted by Gasteiger charge is 2.20. The van der Waals surface area contributed by atoms with Crippen LogP contribution in [0.4, 0.5) is 5.69 Å². The van der Waals surface area contributed by atoms with Gasteiger partial charge in [0.25, 0.3) is 11.6 Å². The molecule has 0 bridgehead atoms. The normalized spacial score (nSPS) is 10.5. The third kappa shape index (κ3) is 4.80. The van der Waals surface area contributed by atoms with Crippen LogP contribution in [0.25, 0.3) is 0 Å². The molecule has 1 aromatic heterocycles. The van der Waals surface area contributed by atoms with E-state index in [1.807, 2.05) is 13.8 Å². The Morgan fingerprint density at radius 1 is 1.53 bits per heavy atom. The second-order valence-electron chi connectivity index (χ2n) is 4.15. The first-order chi connectivity index (χ1) is 8.91. The molecule has 1 rings (SSSR count). The van der Waals surface area contributed by atoms with E-state index in [4.69, 9.17) is 11.6 Å². The maximum Gasteiger partial charge on any atom is 0.300 e. The molecule has 0 aliphatic heterocycles. The third-order valence-electron chi connectivity index (χ3n) is 2.25. The molecule has 0 saturated heterocycles. The molecule has 1 heterocycles. The van der Waals surface area contributed by atoms with Crippen LogP contribution < -0.4 is 10.6 Å². The van der Waals surface area contributed by atoms with E-state index < -0.39 is 10.8 Å². The van der Waals surface area contributed by atoms with Crippen molar-refractivity contribution in [3.05, 3.63) is 33.1 Å². The molecule has 1 aromatic rings. The van der Waals surface area contributed by atoms with Gasteiger partial charge in [-0.1, -0.05) is 25.4 Å². The Kier molecular flexibility index (Phi) is 5.65. The fourth-order valence-electron chi connectivity index (χ4n) is 1.38. The van der Waals surface area contributed by atoms with Crippen LogP contribution in [-0.4, -0.2) is 34.9 Å². The summed E-state index contributed by atoms with van der Waals surface area (Å²) in [5.74, 6) is -0.540. The van der Waals surface area contributed by atoms with E-state index in [1.165, 1.54) is 6.07 Å². The minimum absolute atomic E-state index is 0.0380. The van der Waals surface area contributed by atoms with Crippen LogP contribution in [0, 0.1) is 10.1 Å². The summed E-state index contributed by atoms with van der Waals surface area (Å²) in [7, 11) is 0. The van der Waals surface area contributed by atoms with Gasteiger partial charge in [0.2, 0.25) is 0 Å². The van der Waals surface area contributed by atoms with Gasteiger partial charge < -0.3 is 10.6 Å². The summed E-state index contributed by atoms with van der Waals surface area (Å²) in [5, 5.41) is 16.5. The lowest BCUT2D eigenvalue weighted by Gasteiger charge is -2.09. The first-order valence-corrected chi connectivity index (χ1v) is 6.11. The van der Waals surface area contributed by atoms with Gasteiger partial charge in [-0.15, -0.1) is 0 Å². The summed E-state index contributed by atoms with van der Waals surface area (Å²) >= 11 is 5.64. The number of nitrogens with one attached hydrogen (secondary N) is 2. The van der Waals surface area contributed by atoms with E-state index in [9.17, 15) is 14.9 Å². The van der Waals surface area contributed by atoms with Crippen molar-refractivity contribution in [1.29, 1.82) is 0 Å². The zero-order chi connectivity index (χ0) is 14.4. The Morgan fingerprint density at radius 3 is 2.79 bits per heavy atom. The molecule has 8 heteroatoms. The van der Waals surface area contributed by atoms with Crippen LogP contribution in [0.5, 0.6) is 0 Å². The number of pyridine rings is 1. The molecule has 0 aliphatic rings. The monoisotopic (exact) mass is 286 g/mol. The van der Waals surface area contributed by atoms with Crippen molar-refractivity contribution >= 4 is 23.2 Å². The average molecular weight is 287 g/mol. The maximum absolute atomic E-state index is 11.8. The van der Waals surface area contributed by atoms with Crippen molar-refractivity contribution in [3.63, 3.8) is 0 Å². The van der Waals surface area contributed by atoms with Crippen LogP contribution >= 0.6 is 11.6 Å². The second kappa shape index (κ2) is 7.01. The Labute approximate surface area is 115 Å². The quantitative estimate of drug-likeness (QED) is 0.356. The summed E-state index contributed by atoms with van der Waals surface area (Å²) in [4.78, 5) is 25.6. The van der Waals surface area contributed by atoms with E-state index in [0.29, 0.717) is 19.1 Å². The van der Waals surface area contributed by atoms with E-state index in [0.717, 1.165) is 6.20 Å². The Balaban J connectivity index is 2.70. The smallest absolute Gasteiger partial charge is 0.300 e. The fourth-order valence-corrected chi connectivity index (χ4v) is 1.54. The molecule has 104 valence electrons. The summed E-state index contributed by atoms with van der Waals surface area (Å²) in [5.41, 5.74) is -0.451. The largest absolute Gasteiger partial charge is 0.351 e. The van der Waals surface area contributed by atoms with Gasteiger partial charge in [0.1, 0.15) is 16.9 Å². The third-order valence-corrected chi connectivity index (χ3v) is 2.46. The molecule has 19 heavy (non-hydrogen) atoms. The second-order valence-corrected chi connectivity index (χ2v) is 4.53. The summed E-state index contributed by atoms with van der Waals surface area (Å²) in [6.07, 6.45) is 0.976. The van der Waals surface area contributed by atoms with Crippen LogP contribution in [0.3, 0.4) is 0 Å². The predicted molar refractivity (Wildman–Crippen MR) is 71.4 cm³/mol. The topological polar surface area (TPSA) is 97.2 Å². The molecular formula is C11H15ClN4O3. The molecule has 0 atom stereocenters. The summed E-state index contributed by atoms with van der Waals surface area (Å²) in [6.45, 7) is 4.91. The summed E-state index contributed by atoms with van der Waals surface area (Å²) in [6, 6.07) is 1.49. The van der Waals surface area contributed by atoms with Gasteiger partial charge in [0.05, 0.1) is 4.92 Å². The van der Waals surface area contributed by atoms with E-state index in [1.54, 1.807) is 0 Å². The first-order valence-electron chi connectivity index (χ1n) is 5.73. The number of hydrogen-bond acceptors (Lipinski definition) is 5. The molecule has 0 radical (unpaired) electrons. The minimum atomic E-state index is -0.662. The number of nitro groups is 1. The predicted octanol–water partition coefficient (Wildman–Crippen LogP) is 1.37. The molecule has 7 nitrogen and oxygen atoms in total. The summed E-state index contributed by atoms with van der Waals surface area (Å²) < 4.78 is 0. The number of amides is 1. The molecule has 2 N–H and O–H groups in total. The Hall–Kier alpha value is -1.73. The van der Waals surface area contributed by atoms with E-state index in [2.05, 4.69) is 15.6 Å². The van der Waals surface area contributed by atoms with Gasteiger partial charge >= 0.3 is 0 Å². The number of rotatable bonds is 6. The van der Waals surface area contributed by atoms with Gasteiger partial charge in [-0.3, -0.25) is 14.9 Å². The zero-order valence-electron chi connectivity index (χ0n) is 10.6. The lowest BCUT2D eigenvalue weighted by atomic mass is 10.2. The van der Waals surface area contributed by atoms with Crippen molar-refractivity contribution in [2.75, 3.05) is 13.1 Å². The number of carbonyl (C=O) groups is 1. The first kappa shape index (κ1) is 15.3. The van der Waals surface area contributed by atoms with Gasteiger partial charge in [-0.25, -0.2) is 4.98 Å². The van der Waals surface area contributed by atoms with Crippen molar-refractivity contribution in [3.8, 4) is 0 Å². The van der Waals surface area contributed by atoms with Crippen molar-refractivity contribution in [1.82, 2.24) is 15.6 Å². The van der Waals surface area contributed by atoms with Gasteiger partial charge in [-0.05, 0) is 6.07 Å². The molecule has 0 spiro atoms. The molecule has 0 aliphatic carbocycles. The molecule has 0 fully saturated rings. The van der Waals surface area contributed by atoms with Crippen molar-refractivity contribution in [2.24, 2.45) is 0 Å². The van der Waals surface area contributed by atoms with Gasteiger partial charge in [-0.2, -0.15) is 0 Å². The van der Waals surface area contributed by atoms with Crippen LogP contribution in [0.1, 0.15) is 24.2 Å². The highest BCUT2D eigenvalue weighted by atomic mass is 35.5. The standard InChI is InChI=1S/C11H15ClN4O3/c1-7(2)13-3-4-14-11(17)8-5-10(12)15-6-9(8)16(18)19/h5-7,13H,3-4H2,1-2H3,(H,14,17). The number of halogens is 1. The fraction of sp³-hybridized carbons (Fsp3) is 0.455. The molecule has 0 aromatic carbocycles. The van der Waals surface area contributed by atoms with Crippen LogP contribution in [0.15, 0.2) is 12.3 Å². The molecule has 0 unspecified atom stereocenters. The Bertz CT molecular complexity index is 479. The average Bonchev–Trinajstić information content (AvgIpc) is 2.33.